The molecule has 0 amide bonds. The number of nitrogens with zero attached hydrogens (tertiary/aromatic N) is 4. The topological polar surface area (TPSA) is 92.9 Å². The smallest absolute Gasteiger partial charge is 0.311 e. The highest BCUT2D eigenvalue weighted by Gasteiger charge is 2.21. The third-order valence-electron chi connectivity index (χ3n) is 3.74. The largest absolute Gasteiger partial charge is 0.497 e. The number of hydrogen-bond donors (Lipinski definition) is 1. The predicted molar refractivity (Wildman–Crippen MR) is 92.5 cm³/mol. The quantitative estimate of drug-likeness (QED) is 0.670. The Morgan fingerprint density at radius 2 is 2.00 bits per heavy atom. The van der Waals surface area contributed by atoms with Crippen molar-refractivity contribution in [2.45, 2.75) is 6.92 Å². The summed E-state index contributed by atoms with van der Waals surface area (Å²) in [4.78, 5) is 21.5. The number of nitro groups is 1. The molecule has 0 fully saturated rings. The van der Waals surface area contributed by atoms with E-state index in [0.29, 0.717) is 23.8 Å². The molecule has 1 aliphatic heterocycles. The first kappa shape index (κ1) is 15.7. The SMILES string of the molecule is COc1ccc(Nc2nc(N3CCN=C3C)ccc2[N+](=O)[O-])cc1. The lowest BCUT2D eigenvalue weighted by Gasteiger charge is -2.18. The molecule has 0 atom stereocenters. The Hall–Kier alpha value is -3.16. The van der Waals surface area contributed by atoms with E-state index in [9.17, 15) is 10.1 Å². The molecular formula is C16H17N5O3. The van der Waals surface area contributed by atoms with E-state index in [1.807, 2.05) is 11.8 Å². The summed E-state index contributed by atoms with van der Waals surface area (Å²) in [6.45, 7) is 3.32. The second-order valence-corrected chi connectivity index (χ2v) is 5.23. The van der Waals surface area contributed by atoms with Crippen LogP contribution < -0.4 is 15.0 Å². The molecule has 0 radical (unpaired) electrons. The standard InChI is InChI=1S/C16H17N5O3/c1-11-17-9-10-20(11)15-8-7-14(21(22)23)16(19-15)18-12-3-5-13(24-2)6-4-12/h3-8H,9-10H2,1-2H3,(H,18,19). The number of aromatic nitrogens is 1. The molecule has 124 valence electrons. The number of aliphatic imine (C=N–C) groups is 1. The van der Waals surface area contributed by atoms with Gasteiger partial charge in [-0.25, -0.2) is 4.98 Å². The number of anilines is 3. The minimum atomic E-state index is -0.451. The van der Waals surface area contributed by atoms with E-state index >= 15 is 0 Å². The van der Waals surface area contributed by atoms with Crippen molar-refractivity contribution in [1.82, 2.24) is 4.98 Å². The summed E-state index contributed by atoms with van der Waals surface area (Å²) in [6, 6.07) is 10.2. The number of methoxy groups -OCH3 is 1. The first-order chi connectivity index (χ1) is 11.6. The lowest BCUT2D eigenvalue weighted by Crippen LogP contribution is -2.26. The monoisotopic (exact) mass is 327 g/mol. The predicted octanol–water partition coefficient (Wildman–Crippen LogP) is 2.98. The molecule has 1 aromatic carbocycles. The molecule has 2 heterocycles. The Balaban J connectivity index is 1.93. The molecule has 8 heteroatoms. The van der Waals surface area contributed by atoms with Gasteiger partial charge in [-0.05, 0) is 37.3 Å². The van der Waals surface area contributed by atoms with Crippen LogP contribution in [0, 0.1) is 10.1 Å². The average molecular weight is 327 g/mol. The van der Waals surface area contributed by atoms with E-state index in [2.05, 4.69) is 15.3 Å². The number of rotatable bonds is 5. The van der Waals surface area contributed by atoms with Gasteiger partial charge in [-0.3, -0.25) is 15.1 Å². The van der Waals surface area contributed by atoms with Gasteiger partial charge in [-0.15, -0.1) is 0 Å². The summed E-state index contributed by atoms with van der Waals surface area (Å²) in [6.07, 6.45) is 0. The van der Waals surface area contributed by atoms with Gasteiger partial charge in [0.15, 0.2) is 0 Å². The Morgan fingerprint density at radius 3 is 2.58 bits per heavy atom. The van der Waals surface area contributed by atoms with Crippen molar-refractivity contribution >= 4 is 28.8 Å². The summed E-state index contributed by atoms with van der Waals surface area (Å²) in [5, 5.41) is 14.3. The third kappa shape index (κ3) is 3.12. The van der Waals surface area contributed by atoms with Crippen LogP contribution in [0.4, 0.5) is 23.0 Å². The molecule has 0 bridgehead atoms. The molecule has 24 heavy (non-hydrogen) atoms. The number of amidine groups is 1. The van der Waals surface area contributed by atoms with Gasteiger partial charge in [0, 0.05) is 18.3 Å². The highest BCUT2D eigenvalue weighted by Crippen LogP contribution is 2.29. The molecule has 2 aromatic rings. The summed E-state index contributed by atoms with van der Waals surface area (Å²) in [5.74, 6) is 2.39. The third-order valence-corrected chi connectivity index (χ3v) is 3.74. The average Bonchev–Trinajstić information content (AvgIpc) is 3.01. The van der Waals surface area contributed by atoms with Crippen molar-refractivity contribution in [3.63, 3.8) is 0 Å². The van der Waals surface area contributed by atoms with Crippen molar-refractivity contribution in [3.8, 4) is 5.75 Å². The molecule has 1 aromatic heterocycles. The van der Waals surface area contributed by atoms with Crippen LogP contribution in [0.2, 0.25) is 0 Å². The molecule has 0 unspecified atom stereocenters. The van der Waals surface area contributed by atoms with Crippen LogP contribution in [0.5, 0.6) is 5.75 Å². The Kier molecular flexibility index (Phi) is 4.28. The van der Waals surface area contributed by atoms with Gasteiger partial charge in [-0.2, -0.15) is 0 Å². The van der Waals surface area contributed by atoms with Crippen LogP contribution in [-0.4, -0.2) is 35.9 Å². The highest BCUT2D eigenvalue weighted by molar-refractivity contribution is 5.97. The number of pyridine rings is 1. The first-order valence-corrected chi connectivity index (χ1v) is 7.43. The lowest BCUT2D eigenvalue weighted by molar-refractivity contribution is -0.384. The molecule has 0 aliphatic carbocycles. The van der Waals surface area contributed by atoms with Gasteiger partial charge >= 0.3 is 5.69 Å². The zero-order valence-electron chi connectivity index (χ0n) is 13.4. The molecule has 0 saturated heterocycles. The van der Waals surface area contributed by atoms with Gasteiger partial charge < -0.3 is 15.0 Å². The van der Waals surface area contributed by atoms with Crippen molar-refractivity contribution in [2.24, 2.45) is 4.99 Å². The zero-order chi connectivity index (χ0) is 17.1. The Morgan fingerprint density at radius 1 is 1.25 bits per heavy atom. The summed E-state index contributed by atoms with van der Waals surface area (Å²) in [7, 11) is 1.58. The lowest BCUT2D eigenvalue weighted by atomic mass is 10.3. The van der Waals surface area contributed by atoms with Gasteiger partial charge in [0.05, 0.1) is 18.6 Å². The van der Waals surface area contributed by atoms with Crippen LogP contribution in [0.3, 0.4) is 0 Å². The number of nitrogens with one attached hydrogen (secondary N) is 1. The van der Waals surface area contributed by atoms with Gasteiger partial charge in [0.25, 0.3) is 0 Å². The van der Waals surface area contributed by atoms with Crippen LogP contribution >= 0.6 is 0 Å². The van der Waals surface area contributed by atoms with Crippen LogP contribution in [0.15, 0.2) is 41.4 Å². The van der Waals surface area contributed by atoms with Gasteiger partial charge in [-0.1, -0.05) is 0 Å². The molecular weight excluding hydrogens is 310 g/mol. The van der Waals surface area contributed by atoms with Gasteiger partial charge in [0.2, 0.25) is 5.82 Å². The minimum absolute atomic E-state index is 0.0802. The second-order valence-electron chi connectivity index (χ2n) is 5.23. The zero-order valence-corrected chi connectivity index (χ0v) is 13.4. The molecule has 0 spiro atoms. The van der Waals surface area contributed by atoms with Crippen molar-refractivity contribution in [1.29, 1.82) is 0 Å². The maximum atomic E-state index is 11.3. The van der Waals surface area contributed by atoms with E-state index < -0.39 is 4.92 Å². The Labute approximate surface area is 138 Å². The maximum Gasteiger partial charge on any atom is 0.311 e. The maximum absolute atomic E-state index is 11.3. The van der Waals surface area contributed by atoms with E-state index in [1.165, 1.54) is 6.07 Å². The van der Waals surface area contributed by atoms with Crippen LogP contribution in [0.25, 0.3) is 0 Å². The van der Waals surface area contributed by atoms with Crippen molar-refractivity contribution in [2.75, 3.05) is 30.4 Å². The molecule has 3 rings (SSSR count). The fraction of sp³-hybridized carbons (Fsp3) is 0.250. The highest BCUT2D eigenvalue weighted by atomic mass is 16.6. The van der Waals surface area contributed by atoms with E-state index in [0.717, 1.165) is 12.4 Å². The fourth-order valence-electron chi connectivity index (χ4n) is 2.48. The number of hydrogen-bond acceptors (Lipinski definition) is 7. The summed E-state index contributed by atoms with van der Waals surface area (Å²) < 4.78 is 5.11. The Bertz CT molecular complexity index is 789. The molecule has 8 nitrogen and oxygen atoms in total. The summed E-state index contributed by atoms with van der Waals surface area (Å²) in [5.41, 5.74) is 0.610. The van der Waals surface area contributed by atoms with Crippen molar-refractivity contribution < 1.29 is 9.66 Å². The van der Waals surface area contributed by atoms with Crippen LogP contribution in [0.1, 0.15) is 6.92 Å². The second kappa shape index (κ2) is 6.53. The molecule has 0 saturated carbocycles. The molecule has 1 N–H and O–H groups in total. The van der Waals surface area contributed by atoms with E-state index in [1.54, 1.807) is 37.4 Å². The number of benzene rings is 1. The number of ether oxygens (including phenoxy) is 1. The first-order valence-electron chi connectivity index (χ1n) is 7.43. The fourth-order valence-corrected chi connectivity index (χ4v) is 2.48. The van der Waals surface area contributed by atoms with E-state index in [4.69, 9.17) is 4.74 Å². The molecule has 1 aliphatic rings. The van der Waals surface area contributed by atoms with Crippen molar-refractivity contribution in [3.05, 3.63) is 46.5 Å². The minimum Gasteiger partial charge on any atom is -0.497 e. The normalized spacial score (nSPS) is 13.6. The summed E-state index contributed by atoms with van der Waals surface area (Å²) >= 11 is 0. The van der Waals surface area contributed by atoms with E-state index in [-0.39, 0.29) is 11.5 Å². The van der Waals surface area contributed by atoms with Gasteiger partial charge in [0.1, 0.15) is 17.4 Å². The van der Waals surface area contributed by atoms with Crippen LogP contribution in [-0.2, 0) is 0 Å².